The van der Waals surface area contributed by atoms with Gasteiger partial charge in [0.2, 0.25) is 0 Å². The maximum atomic E-state index is 9.37. The van der Waals surface area contributed by atoms with Crippen molar-refractivity contribution in [2.45, 2.75) is 12.1 Å². The highest BCUT2D eigenvalue weighted by molar-refractivity contribution is 5.15. The van der Waals surface area contributed by atoms with E-state index < -0.39 is 0 Å². The minimum absolute atomic E-state index is 0.0255. The smallest absolute Gasteiger partial charge is 0.0645 e. The highest BCUT2D eigenvalue weighted by atomic mass is 16.5. The van der Waals surface area contributed by atoms with Crippen LogP contribution < -0.4 is 5.73 Å². The van der Waals surface area contributed by atoms with Crippen molar-refractivity contribution in [1.82, 2.24) is 9.88 Å². The average Bonchev–Trinajstić information content (AvgIpc) is 2.41. The molecular weight excluding hydrogens is 218 g/mol. The number of morpholine rings is 1. The molecule has 1 aromatic heterocycles. The van der Waals surface area contributed by atoms with Gasteiger partial charge in [0.1, 0.15) is 0 Å². The molecule has 1 saturated heterocycles. The van der Waals surface area contributed by atoms with Crippen molar-refractivity contribution < 1.29 is 9.84 Å². The van der Waals surface area contributed by atoms with Gasteiger partial charge in [-0.15, -0.1) is 0 Å². The van der Waals surface area contributed by atoms with Gasteiger partial charge in [-0.3, -0.25) is 9.88 Å². The third-order valence-corrected chi connectivity index (χ3v) is 3.18. The van der Waals surface area contributed by atoms with E-state index in [0.29, 0.717) is 19.8 Å². The summed E-state index contributed by atoms with van der Waals surface area (Å²) in [5.74, 6) is 0. The summed E-state index contributed by atoms with van der Waals surface area (Å²) in [6.07, 6.45) is 3.58. The van der Waals surface area contributed by atoms with E-state index in [1.165, 1.54) is 0 Å². The highest BCUT2D eigenvalue weighted by Gasteiger charge is 2.29. The second-order valence-electron chi connectivity index (χ2n) is 4.19. The first-order chi connectivity index (χ1) is 8.36. The maximum Gasteiger partial charge on any atom is 0.0645 e. The van der Waals surface area contributed by atoms with E-state index in [1.54, 1.807) is 6.20 Å². The third kappa shape index (κ3) is 2.81. The Hall–Kier alpha value is -1.01. The summed E-state index contributed by atoms with van der Waals surface area (Å²) in [6.45, 7) is 2.65. The number of nitrogens with zero attached hydrogens (tertiary/aromatic N) is 2. The topological polar surface area (TPSA) is 71.6 Å². The molecule has 0 spiro atoms. The molecule has 2 heterocycles. The number of aliphatic hydroxyl groups excluding tert-OH is 1. The lowest BCUT2D eigenvalue weighted by atomic mass is 10.0. The molecule has 0 amide bonds. The van der Waals surface area contributed by atoms with Gasteiger partial charge < -0.3 is 15.6 Å². The molecule has 0 bridgehead atoms. The van der Waals surface area contributed by atoms with Gasteiger partial charge in [-0.2, -0.15) is 0 Å². The number of nitrogens with two attached hydrogens (primary N) is 1. The summed E-state index contributed by atoms with van der Waals surface area (Å²) in [5.41, 5.74) is 6.95. The largest absolute Gasteiger partial charge is 0.395 e. The number of ether oxygens (including phenoxy) is 1. The molecule has 1 aliphatic heterocycles. The van der Waals surface area contributed by atoms with Crippen LogP contribution in [0.5, 0.6) is 0 Å². The fourth-order valence-electron chi connectivity index (χ4n) is 2.27. The van der Waals surface area contributed by atoms with E-state index in [2.05, 4.69) is 9.88 Å². The van der Waals surface area contributed by atoms with E-state index in [9.17, 15) is 5.11 Å². The minimum Gasteiger partial charge on any atom is -0.395 e. The molecule has 1 aromatic rings. The van der Waals surface area contributed by atoms with Gasteiger partial charge in [0.15, 0.2) is 0 Å². The van der Waals surface area contributed by atoms with Crippen molar-refractivity contribution in [3.8, 4) is 0 Å². The van der Waals surface area contributed by atoms with Crippen molar-refractivity contribution in [2.24, 2.45) is 5.73 Å². The van der Waals surface area contributed by atoms with Crippen LogP contribution in [0.4, 0.5) is 0 Å². The van der Waals surface area contributed by atoms with Crippen molar-refractivity contribution in [3.05, 3.63) is 30.1 Å². The molecule has 3 N–H and O–H groups in total. The molecule has 1 fully saturated rings. The predicted molar refractivity (Wildman–Crippen MR) is 64.4 cm³/mol. The lowest BCUT2D eigenvalue weighted by molar-refractivity contribution is -0.0464. The molecule has 5 nitrogen and oxygen atoms in total. The molecule has 5 heteroatoms. The number of rotatable bonds is 4. The lowest BCUT2D eigenvalue weighted by Gasteiger charge is -2.39. The van der Waals surface area contributed by atoms with Gasteiger partial charge in [-0.05, 0) is 11.6 Å². The Balaban J connectivity index is 2.16. The van der Waals surface area contributed by atoms with Crippen LogP contribution >= 0.6 is 0 Å². The van der Waals surface area contributed by atoms with Crippen LogP contribution in [0.15, 0.2) is 24.5 Å². The number of aromatic nitrogens is 1. The van der Waals surface area contributed by atoms with Crippen molar-refractivity contribution in [3.63, 3.8) is 0 Å². The average molecular weight is 237 g/mol. The molecule has 2 unspecified atom stereocenters. The fraction of sp³-hybridized carbons (Fsp3) is 0.583. The van der Waals surface area contributed by atoms with Crippen LogP contribution in [0.2, 0.25) is 0 Å². The SMILES string of the molecule is NCC(c1cccnc1)N1CCOCC1CO. The molecule has 2 atom stereocenters. The van der Waals surface area contributed by atoms with Crippen LogP contribution in [0, 0.1) is 0 Å². The summed E-state index contributed by atoms with van der Waals surface area (Å²) in [5, 5.41) is 9.37. The Morgan fingerprint density at radius 3 is 3.18 bits per heavy atom. The van der Waals surface area contributed by atoms with Gasteiger partial charge in [-0.25, -0.2) is 0 Å². The Morgan fingerprint density at radius 1 is 1.65 bits per heavy atom. The third-order valence-electron chi connectivity index (χ3n) is 3.18. The van der Waals surface area contributed by atoms with Crippen LogP contribution in [0.1, 0.15) is 11.6 Å². The van der Waals surface area contributed by atoms with E-state index in [1.807, 2.05) is 18.3 Å². The summed E-state index contributed by atoms with van der Waals surface area (Å²) in [4.78, 5) is 6.33. The Bertz CT molecular complexity index is 334. The zero-order chi connectivity index (χ0) is 12.1. The number of pyridine rings is 1. The highest BCUT2D eigenvalue weighted by Crippen LogP contribution is 2.23. The van der Waals surface area contributed by atoms with Gasteiger partial charge in [0.05, 0.1) is 25.9 Å². The quantitative estimate of drug-likeness (QED) is 0.757. The fourth-order valence-corrected chi connectivity index (χ4v) is 2.27. The number of hydrogen-bond acceptors (Lipinski definition) is 5. The zero-order valence-electron chi connectivity index (χ0n) is 9.83. The zero-order valence-corrected chi connectivity index (χ0v) is 9.83. The lowest BCUT2D eigenvalue weighted by Crippen LogP contribution is -2.50. The van der Waals surface area contributed by atoms with Crippen molar-refractivity contribution in [2.75, 3.05) is 32.9 Å². The Morgan fingerprint density at radius 2 is 2.53 bits per heavy atom. The molecule has 0 aromatic carbocycles. The van der Waals surface area contributed by atoms with Gasteiger partial charge >= 0.3 is 0 Å². The number of hydrogen-bond donors (Lipinski definition) is 2. The first kappa shape index (κ1) is 12.4. The molecule has 94 valence electrons. The normalized spacial score (nSPS) is 23.5. The predicted octanol–water partition coefficient (Wildman–Crippen LogP) is -0.225. The monoisotopic (exact) mass is 237 g/mol. The summed E-state index contributed by atoms with van der Waals surface area (Å²) >= 11 is 0. The van der Waals surface area contributed by atoms with Crippen LogP contribution in [0.25, 0.3) is 0 Å². The summed E-state index contributed by atoms with van der Waals surface area (Å²) < 4.78 is 5.38. The van der Waals surface area contributed by atoms with Gasteiger partial charge in [0.25, 0.3) is 0 Å². The first-order valence-electron chi connectivity index (χ1n) is 5.91. The Kier molecular flexibility index (Phi) is 4.44. The Labute approximate surface area is 101 Å². The maximum absolute atomic E-state index is 9.37. The van der Waals surface area contributed by atoms with E-state index in [0.717, 1.165) is 12.1 Å². The van der Waals surface area contributed by atoms with Gasteiger partial charge in [0, 0.05) is 31.5 Å². The second-order valence-corrected chi connectivity index (χ2v) is 4.19. The second kappa shape index (κ2) is 6.07. The molecule has 0 radical (unpaired) electrons. The van der Waals surface area contributed by atoms with E-state index in [4.69, 9.17) is 10.5 Å². The first-order valence-corrected chi connectivity index (χ1v) is 5.91. The van der Waals surface area contributed by atoms with Crippen LogP contribution in [0.3, 0.4) is 0 Å². The molecule has 1 aliphatic rings. The van der Waals surface area contributed by atoms with Crippen LogP contribution in [-0.2, 0) is 4.74 Å². The van der Waals surface area contributed by atoms with Crippen molar-refractivity contribution in [1.29, 1.82) is 0 Å². The minimum atomic E-state index is 0.0255. The van der Waals surface area contributed by atoms with Gasteiger partial charge in [-0.1, -0.05) is 6.07 Å². The summed E-state index contributed by atoms with van der Waals surface area (Å²) in [6, 6.07) is 4.06. The summed E-state index contributed by atoms with van der Waals surface area (Å²) in [7, 11) is 0. The molecular formula is C12H19N3O2. The number of aliphatic hydroxyl groups is 1. The molecule has 2 rings (SSSR count). The van der Waals surface area contributed by atoms with E-state index in [-0.39, 0.29) is 18.7 Å². The van der Waals surface area contributed by atoms with Crippen molar-refractivity contribution >= 4 is 0 Å². The van der Waals surface area contributed by atoms with Crippen LogP contribution in [-0.4, -0.2) is 53.9 Å². The molecule has 0 saturated carbocycles. The molecule has 0 aliphatic carbocycles. The standard InChI is InChI=1S/C12H19N3O2/c13-6-12(10-2-1-3-14-7-10)15-4-5-17-9-11(15)8-16/h1-3,7,11-12,16H,4-6,8-9,13H2. The van der Waals surface area contributed by atoms with E-state index >= 15 is 0 Å². The molecule has 17 heavy (non-hydrogen) atoms.